The molecule has 2 N–H and O–H groups in total. The molecule has 2 aliphatic rings. The predicted molar refractivity (Wildman–Crippen MR) is 87.7 cm³/mol. The van der Waals surface area contributed by atoms with E-state index >= 15 is 0 Å². The Morgan fingerprint density at radius 1 is 1.43 bits per heavy atom. The van der Waals surface area contributed by atoms with E-state index in [2.05, 4.69) is 29.9 Å². The molecule has 2 atom stereocenters. The number of nitrogens with two attached hydrogens (primary N) is 1. The molecule has 0 saturated carbocycles. The van der Waals surface area contributed by atoms with E-state index < -0.39 is 0 Å². The van der Waals surface area contributed by atoms with Gasteiger partial charge in [0.05, 0.1) is 0 Å². The van der Waals surface area contributed by atoms with Crippen molar-refractivity contribution in [2.45, 2.75) is 44.7 Å². The van der Waals surface area contributed by atoms with E-state index in [1.165, 1.54) is 0 Å². The second kappa shape index (κ2) is 5.10. The second-order valence-corrected chi connectivity index (χ2v) is 6.46. The Bertz CT molecular complexity index is 817. The van der Waals surface area contributed by atoms with Crippen molar-refractivity contribution in [2.24, 2.45) is 0 Å². The van der Waals surface area contributed by atoms with Crippen LogP contribution < -0.4 is 5.73 Å². The monoisotopic (exact) mass is 308 g/mol. The minimum Gasteiger partial charge on any atom is -0.461 e. The summed E-state index contributed by atoms with van der Waals surface area (Å²) in [5, 5.41) is 9.64. The summed E-state index contributed by atoms with van der Waals surface area (Å²) < 4.78 is 5.97. The van der Waals surface area contributed by atoms with Crippen molar-refractivity contribution in [3.05, 3.63) is 34.7 Å². The van der Waals surface area contributed by atoms with E-state index in [1.807, 2.05) is 12.1 Å². The predicted octanol–water partition coefficient (Wildman–Crippen LogP) is 3.05. The molecular formula is C18H20N4O. The number of hydrogen-bond donors (Lipinski definition) is 1. The third-order valence-electron chi connectivity index (χ3n) is 5.31. The Morgan fingerprint density at radius 3 is 2.96 bits per heavy atom. The number of nitrogens with zero attached hydrogens (tertiary/aromatic N) is 3. The lowest BCUT2D eigenvalue weighted by Crippen LogP contribution is -2.35. The molecule has 1 saturated heterocycles. The lowest BCUT2D eigenvalue weighted by molar-refractivity contribution is 0.222. The molecule has 2 aromatic rings. The molecular weight excluding hydrogens is 288 g/mol. The maximum absolute atomic E-state index is 9.64. The van der Waals surface area contributed by atoms with Gasteiger partial charge >= 0.3 is 0 Å². The van der Waals surface area contributed by atoms with Gasteiger partial charge in [-0.25, -0.2) is 4.98 Å². The zero-order valence-electron chi connectivity index (χ0n) is 13.5. The lowest BCUT2D eigenvalue weighted by atomic mass is 9.89. The summed E-state index contributed by atoms with van der Waals surface area (Å²) in [4.78, 5) is 6.97. The first kappa shape index (κ1) is 14.3. The number of anilines is 1. The molecule has 23 heavy (non-hydrogen) atoms. The summed E-state index contributed by atoms with van der Waals surface area (Å²) >= 11 is 0. The molecule has 4 rings (SSSR count). The van der Waals surface area contributed by atoms with E-state index in [-0.39, 0.29) is 0 Å². The first-order valence-electron chi connectivity index (χ1n) is 8.17. The zero-order chi connectivity index (χ0) is 16.1. The first-order chi connectivity index (χ1) is 11.1. The Balaban J connectivity index is 2.00. The molecule has 1 fully saturated rings. The average molecular weight is 308 g/mol. The SMILES string of the molecule is CCc1ccc(-c2c(C#N)c(N)nc3c2[C@H]2CC[C@@H](C3)N2C)o1. The van der Waals surface area contributed by atoms with Crippen molar-refractivity contribution in [3.8, 4) is 17.4 Å². The zero-order valence-corrected chi connectivity index (χ0v) is 13.5. The first-order valence-corrected chi connectivity index (χ1v) is 8.17. The number of nitriles is 1. The molecule has 2 bridgehead atoms. The summed E-state index contributed by atoms with van der Waals surface area (Å²) in [7, 11) is 2.16. The second-order valence-electron chi connectivity index (χ2n) is 6.46. The van der Waals surface area contributed by atoms with Gasteiger partial charge in [-0.15, -0.1) is 0 Å². The maximum atomic E-state index is 9.64. The molecule has 0 aliphatic carbocycles. The van der Waals surface area contributed by atoms with Gasteiger partial charge in [0.1, 0.15) is 29.0 Å². The van der Waals surface area contributed by atoms with Gasteiger partial charge in [0.25, 0.3) is 0 Å². The number of furan rings is 1. The lowest BCUT2D eigenvalue weighted by Gasteiger charge is -2.34. The highest BCUT2D eigenvalue weighted by molar-refractivity contribution is 5.77. The Hall–Kier alpha value is -2.32. The largest absolute Gasteiger partial charge is 0.461 e. The van der Waals surface area contributed by atoms with E-state index in [0.29, 0.717) is 23.5 Å². The fourth-order valence-electron chi connectivity index (χ4n) is 4.08. The van der Waals surface area contributed by atoms with Crippen LogP contribution in [0.1, 0.15) is 48.4 Å². The number of hydrogen-bond acceptors (Lipinski definition) is 5. The Kier molecular flexibility index (Phi) is 3.17. The van der Waals surface area contributed by atoms with Crippen LogP contribution in [0.15, 0.2) is 16.5 Å². The molecule has 0 aromatic carbocycles. The molecule has 4 heterocycles. The van der Waals surface area contributed by atoms with Crippen LogP contribution in [-0.2, 0) is 12.8 Å². The standard InChI is InChI=1S/C18H20N4O/c1-3-11-5-7-15(23-11)16-12(9-19)18(20)21-13-8-10-4-6-14(17(13)16)22(10)2/h5,7,10,14H,3-4,6,8H2,1-2H3,(H2,20,21)/t10-,14+/m0/s1. The van der Waals surface area contributed by atoms with Gasteiger partial charge < -0.3 is 10.2 Å². The van der Waals surface area contributed by atoms with E-state index in [4.69, 9.17) is 10.2 Å². The van der Waals surface area contributed by atoms with Gasteiger partial charge in [-0.3, -0.25) is 4.90 Å². The van der Waals surface area contributed by atoms with Crippen LogP contribution >= 0.6 is 0 Å². The molecule has 0 amide bonds. The van der Waals surface area contributed by atoms with Crippen molar-refractivity contribution in [3.63, 3.8) is 0 Å². The summed E-state index contributed by atoms with van der Waals surface area (Å²) in [6.45, 7) is 2.06. The Labute approximate surface area is 135 Å². The minimum absolute atomic E-state index is 0.300. The maximum Gasteiger partial charge on any atom is 0.142 e. The highest BCUT2D eigenvalue weighted by atomic mass is 16.3. The number of pyridine rings is 1. The van der Waals surface area contributed by atoms with E-state index in [0.717, 1.165) is 54.0 Å². The summed E-state index contributed by atoms with van der Waals surface area (Å²) in [6, 6.07) is 7.01. The number of aryl methyl sites for hydroxylation is 1. The summed E-state index contributed by atoms with van der Waals surface area (Å²) in [6.07, 6.45) is 3.98. The Morgan fingerprint density at radius 2 is 2.26 bits per heavy atom. The molecule has 2 aliphatic heterocycles. The van der Waals surface area contributed by atoms with Crippen LogP contribution in [0.5, 0.6) is 0 Å². The number of nitrogen functional groups attached to an aromatic ring is 1. The number of rotatable bonds is 2. The van der Waals surface area contributed by atoms with Crippen LogP contribution in [0.25, 0.3) is 11.3 Å². The van der Waals surface area contributed by atoms with E-state index in [9.17, 15) is 5.26 Å². The third-order valence-corrected chi connectivity index (χ3v) is 5.31. The van der Waals surface area contributed by atoms with Gasteiger partial charge in [-0.2, -0.15) is 5.26 Å². The van der Waals surface area contributed by atoms with Crippen LogP contribution in [-0.4, -0.2) is 23.0 Å². The van der Waals surface area contributed by atoms with Gasteiger partial charge in [0.2, 0.25) is 0 Å². The summed E-state index contributed by atoms with van der Waals surface area (Å²) in [5.41, 5.74) is 9.57. The number of fused-ring (bicyclic) bond motifs is 4. The summed E-state index contributed by atoms with van der Waals surface area (Å²) in [5.74, 6) is 1.98. The molecule has 5 heteroatoms. The van der Waals surface area contributed by atoms with Crippen LogP contribution in [0.3, 0.4) is 0 Å². The average Bonchev–Trinajstić information content (AvgIpc) is 3.09. The van der Waals surface area contributed by atoms with E-state index in [1.54, 1.807) is 0 Å². The van der Waals surface area contributed by atoms with Crippen LogP contribution in [0.2, 0.25) is 0 Å². The highest BCUT2D eigenvalue weighted by Gasteiger charge is 2.41. The minimum atomic E-state index is 0.300. The molecule has 0 spiro atoms. The van der Waals surface area contributed by atoms with Crippen LogP contribution in [0, 0.1) is 11.3 Å². The topological polar surface area (TPSA) is 79.1 Å². The van der Waals surface area contributed by atoms with Gasteiger partial charge in [-0.1, -0.05) is 6.92 Å². The molecule has 0 unspecified atom stereocenters. The highest BCUT2D eigenvalue weighted by Crippen LogP contribution is 2.47. The van der Waals surface area contributed by atoms with Crippen molar-refractivity contribution in [1.82, 2.24) is 9.88 Å². The fraction of sp³-hybridized carbons (Fsp3) is 0.444. The van der Waals surface area contributed by atoms with Gasteiger partial charge in [0, 0.05) is 41.7 Å². The fourth-order valence-corrected chi connectivity index (χ4v) is 4.08. The number of likely N-dealkylation sites (N-methyl/N-ethyl adjacent to an activating group) is 1. The van der Waals surface area contributed by atoms with Gasteiger partial charge in [0.15, 0.2) is 0 Å². The van der Waals surface area contributed by atoms with Crippen LogP contribution in [0.4, 0.5) is 5.82 Å². The quantitative estimate of drug-likeness (QED) is 0.922. The molecule has 2 aromatic heterocycles. The number of aromatic nitrogens is 1. The third kappa shape index (κ3) is 1.98. The molecule has 0 radical (unpaired) electrons. The normalized spacial score (nSPS) is 22.8. The van der Waals surface area contributed by atoms with Crippen molar-refractivity contribution in [1.29, 1.82) is 5.26 Å². The molecule has 5 nitrogen and oxygen atoms in total. The smallest absolute Gasteiger partial charge is 0.142 e. The molecule has 118 valence electrons. The van der Waals surface area contributed by atoms with Gasteiger partial charge in [-0.05, 0) is 32.0 Å². The van der Waals surface area contributed by atoms with Crippen molar-refractivity contribution < 1.29 is 4.42 Å². The van der Waals surface area contributed by atoms with Crippen molar-refractivity contribution >= 4 is 5.82 Å². The van der Waals surface area contributed by atoms with Crippen molar-refractivity contribution in [2.75, 3.05) is 12.8 Å².